The summed E-state index contributed by atoms with van der Waals surface area (Å²) in [7, 11) is 0. The third kappa shape index (κ3) is 2.88. The Hall–Kier alpha value is -1.85. The van der Waals surface area contributed by atoms with Crippen molar-refractivity contribution in [2.24, 2.45) is 5.84 Å². The van der Waals surface area contributed by atoms with Crippen molar-refractivity contribution in [2.45, 2.75) is 13.3 Å². The Labute approximate surface area is 110 Å². The lowest BCUT2D eigenvalue weighted by atomic mass is 10.1. The molecule has 0 unspecified atom stereocenters. The van der Waals surface area contributed by atoms with Gasteiger partial charge in [0, 0.05) is 17.3 Å². The maximum atomic E-state index is 6.04. The summed E-state index contributed by atoms with van der Waals surface area (Å²) in [6, 6.07) is 7.14. The van der Waals surface area contributed by atoms with Crippen molar-refractivity contribution < 1.29 is 4.74 Å². The van der Waals surface area contributed by atoms with Gasteiger partial charge < -0.3 is 4.74 Å². The molecule has 1 heterocycles. The number of hydrogen-bond acceptors (Lipinski definition) is 5. The highest BCUT2D eigenvalue weighted by Crippen LogP contribution is 2.25. The number of aryl methyl sites for hydroxylation is 1. The zero-order valence-corrected chi connectivity index (χ0v) is 10.6. The number of nitrogen functional groups attached to an aromatic ring is 1. The lowest BCUT2D eigenvalue weighted by Gasteiger charge is -2.08. The molecule has 0 amide bonds. The highest BCUT2D eigenvalue weighted by atomic mass is 35.5. The average molecular weight is 265 g/mol. The summed E-state index contributed by atoms with van der Waals surface area (Å²) in [5.74, 6) is 6.63. The Morgan fingerprint density at radius 3 is 2.94 bits per heavy atom. The Bertz CT molecular complexity index is 547. The van der Waals surface area contributed by atoms with Crippen LogP contribution in [0.5, 0.6) is 11.6 Å². The molecule has 2 aromatic rings. The van der Waals surface area contributed by atoms with Gasteiger partial charge in [-0.25, -0.2) is 10.8 Å². The molecule has 5 nitrogen and oxygen atoms in total. The van der Waals surface area contributed by atoms with Crippen LogP contribution < -0.4 is 16.0 Å². The highest BCUT2D eigenvalue weighted by Gasteiger charge is 2.04. The zero-order chi connectivity index (χ0) is 13.0. The van der Waals surface area contributed by atoms with Crippen LogP contribution in [0.3, 0.4) is 0 Å². The van der Waals surface area contributed by atoms with Crippen LogP contribution >= 0.6 is 11.6 Å². The molecule has 0 fully saturated rings. The van der Waals surface area contributed by atoms with E-state index in [0.29, 0.717) is 17.6 Å². The summed E-state index contributed by atoms with van der Waals surface area (Å²) in [5.41, 5.74) is 3.39. The SMILES string of the molecule is CCc1cc(Oc2ccnc(NN)n2)ccc1Cl. The monoisotopic (exact) mass is 264 g/mol. The van der Waals surface area contributed by atoms with Gasteiger partial charge >= 0.3 is 0 Å². The van der Waals surface area contributed by atoms with E-state index in [2.05, 4.69) is 15.4 Å². The molecule has 0 aliphatic heterocycles. The van der Waals surface area contributed by atoms with Gasteiger partial charge in [0.15, 0.2) is 0 Å². The van der Waals surface area contributed by atoms with E-state index >= 15 is 0 Å². The number of ether oxygens (including phenoxy) is 1. The van der Waals surface area contributed by atoms with Crippen LogP contribution in [0.25, 0.3) is 0 Å². The molecule has 0 saturated heterocycles. The van der Waals surface area contributed by atoms with E-state index in [-0.39, 0.29) is 0 Å². The topological polar surface area (TPSA) is 73.1 Å². The fraction of sp³-hybridized carbons (Fsp3) is 0.167. The molecule has 1 aromatic carbocycles. The average Bonchev–Trinajstić information content (AvgIpc) is 2.41. The molecule has 3 N–H and O–H groups in total. The fourth-order valence-corrected chi connectivity index (χ4v) is 1.73. The van der Waals surface area contributed by atoms with Gasteiger partial charge in [-0.3, -0.25) is 5.43 Å². The third-order valence-electron chi connectivity index (χ3n) is 2.38. The second-order valence-electron chi connectivity index (χ2n) is 3.57. The maximum absolute atomic E-state index is 6.04. The standard InChI is InChI=1S/C12H13ClN4O/c1-2-8-7-9(3-4-10(8)13)18-11-5-6-15-12(16-11)17-14/h3-7H,2,14H2,1H3,(H,15,16,17). The lowest BCUT2D eigenvalue weighted by molar-refractivity contribution is 0.462. The molecular weight excluding hydrogens is 252 g/mol. The molecule has 0 radical (unpaired) electrons. The van der Waals surface area contributed by atoms with Crippen molar-refractivity contribution >= 4 is 17.5 Å². The number of rotatable bonds is 4. The number of halogens is 1. The van der Waals surface area contributed by atoms with Gasteiger partial charge in [0.25, 0.3) is 0 Å². The molecule has 94 valence electrons. The van der Waals surface area contributed by atoms with Crippen LogP contribution in [0, 0.1) is 0 Å². The normalized spacial score (nSPS) is 10.2. The maximum Gasteiger partial charge on any atom is 0.240 e. The Kier molecular flexibility index (Phi) is 3.96. The number of nitrogens with two attached hydrogens (primary N) is 1. The van der Waals surface area contributed by atoms with Crippen molar-refractivity contribution in [1.82, 2.24) is 9.97 Å². The summed E-state index contributed by atoms with van der Waals surface area (Å²) in [4.78, 5) is 7.96. The first-order valence-corrected chi connectivity index (χ1v) is 5.86. The van der Waals surface area contributed by atoms with Crippen LogP contribution in [-0.2, 0) is 6.42 Å². The zero-order valence-electron chi connectivity index (χ0n) is 9.85. The molecule has 2 rings (SSSR count). The minimum atomic E-state index is 0.303. The van der Waals surface area contributed by atoms with Crippen LogP contribution in [0.15, 0.2) is 30.5 Å². The summed E-state index contributed by atoms with van der Waals surface area (Å²) in [6.45, 7) is 2.03. The van der Waals surface area contributed by atoms with Crippen LogP contribution in [-0.4, -0.2) is 9.97 Å². The van der Waals surface area contributed by atoms with E-state index in [4.69, 9.17) is 22.2 Å². The molecule has 6 heteroatoms. The number of hydrogen-bond donors (Lipinski definition) is 2. The van der Waals surface area contributed by atoms with Gasteiger partial charge in [-0.1, -0.05) is 18.5 Å². The summed E-state index contributed by atoms with van der Waals surface area (Å²) >= 11 is 6.04. The minimum absolute atomic E-state index is 0.303. The molecule has 0 aliphatic rings. The highest BCUT2D eigenvalue weighted by molar-refractivity contribution is 6.31. The van der Waals surface area contributed by atoms with E-state index in [1.165, 1.54) is 0 Å². The van der Waals surface area contributed by atoms with Gasteiger partial charge in [-0.15, -0.1) is 0 Å². The van der Waals surface area contributed by atoms with E-state index in [1.807, 2.05) is 13.0 Å². The number of anilines is 1. The van der Waals surface area contributed by atoms with E-state index in [9.17, 15) is 0 Å². The summed E-state index contributed by atoms with van der Waals surface area (Å²) in [6.07, 6.45) is 2.41. The number of nitrogens with one attached hydrogen (secondary N) is 1. The number of hydrazine groups is 1. The van der Waals surface area contributed by atoms with Gasteiger partial charge in [-0.05, 0) is 30.2 Å². The first-order chi connectivity index (χ1) is 8.72. The van der Waals surface area contributed by atoms with Crippen LogP contribution in [0.2, 0.25) is 5.02 Å². The fourth-order valence-electron chi connectivity index (χ4n) is 1.47. The van der Waals surface area contributed by atoms with Crippen LogP contribution in [0.1, 0.15) is 12.5 Å². The molecule has 0 aliphatic carbocycles. The number of nitrogens with zero attached hydrogens (tertiary/aromatic N) is 2. The van der Waals surface area contributed by atoms with Gasteiger partial charge in [-0.2, -0.15) is 4.98 Å². The second-order valence-corrected chi connectivity index (χ2v) is 3.98. The van der Waals surface area contributed by atoms with Gasteiger partial charge in [0.2, 0.25) is 11.8 Å². The predicted molar refractivity (Wildman–Crippen MR) is 70.7 cm³/mol. The van der Waals surface area contributed by atoms with Crippen LogP contribution in [0.4, 0.5) is 5.95 Å². The summed E-state index contributed by atoms with van der Waals surface area (Å²) in [5, 5.41) is 0.733. The molecular formula is C12H13ClN4O. The Morgan fingerprint density at radius 1 is 1.39 bits per heavy atom. The molecule has 0 saturated carbocycles. The Balaban J connectivity index is 2.22. The van der Waals surface area contributed by atoms with Gasteiger partial charge in [0.05, 0.1) is 0 Å². The first kappa shape index (κ1) is 12.6. The number of benzene rings is 1. The van der Waals surface area contributed by atoms with Crippen molar-refractivity contribution in [1.29, 1.82) is 0 Å². The number of aromatic nitrogens is 2. The van der Waals surface area contributed by atoms with E-state index in [0.717, 1.165) is 17.0 Å². The molecule has 0 bridgehead atoms. The van der Waals surface area contributed by atoms with Crippen molar-refractivity contribution in [3.8, 4) is 11.6 Å². The van der Waals surface area contributed by atoms with E-state index in [1.54, 1.807) is 24.4 Å². The van der Waals surface area contributed by atoms with Crippen molar-refractivity contribution in [2.75, 3.05) is 5.43 Å². The third-order valence-corrected chi connectivity index (χ3v) is 2.75. The summed E-state index contributed by atoms with van der Waals surface area (Å²) < 4.78 is 5.61. The van der Waals surface area contributed by atoms with E-state index < -0.39 is 0 Å². The smallest absolute Gasteiger partial charge is 0.240 e. The van der Waals surface area contributed by atoms with Gasteiger partial charge in [0.1, 0.15) is 5.75 Å². The van der Waals surface area contributed by atoms with Crippen molar-refractivity contribution in [3.05, 3.63) is 41.0 Å². The minimum Gasteiger partial charge on any atom is -0.439 e. The lowest BCUT2D eigenvalue weighted by Crippen LogP contribution is -2.10. The molecule has 1 aromatic heterocycles. The molecule has 0 atom stereocenters. The molecule has 0 spiro atoms. The Morgan fingerprint density at radius 2 is 2.22 bits per heavy atom. The molecule has 18 heavy (non-hydrogen) atoms. The van der Waals surface area contributed by atoms with Crippen molar-refractivity contribution in [3.63, 3.8) is 0 Å². The quantitative estimate of drug-likeness (QED) is 0.656. The first-order valence-electron chi connectivity index (χ1n) is 5.49. The largest absolute Gasteiger partial charge is 0.439 e. The second kappa shape index (κ2) is 5.66. The predicted octanol–water partition coefficient (Wildman–Crippen LogP) is 2.77.